The monoisotopic (exact) mass is 581 g/mol. The second-order valence-electron chi connectivity index (χ2n) is 12.0. The van der Waals surface area contributed by atoms with E-state index in [0.717, 1.165) is 59.1 Å². The Morgan fingerprint density at radius 1 is 1.12 bits per heavy atom. The molecular weight excluding hydrogens is 542 g/mol. The van der Waals surface area contributed by atoms with E-state index in [1.165, 1.54) is 6.08 Å². The number of aromatic nitrogens is 4. The lowest BCUT2D eigenvalue weighted by Gasteiger charge is -2.38. The number of carbonyl (C=O) groups excluding carboxylic acids is 2. The number of nitrogens with one attached hydrogen (secondary N) is 3. The highest BCUT2D eigenvalue weighted by molar-refractivity contribution is 5.98. The Morgan fingerprint density at radius 3 is 2.63 bits per heavy atom. The quantitative estimate of drug-likeness (QED) is 0.200. The molecule has 10 nitrogen and oxygen atoms in total. The van der Waals surface area contributed by atoms with Crippen LogP contribution < -0.4 is 10.6 Å². The summed E-state index contributed by atoms with van der Waals surface area (Å²) in [6, 6.07) is 15.5. The van der Waals surface area contributed by atoms with Crippen LogP contribution in [0.15, 0.2) is 67.4 Å². The van der Waals surface area contributed by atoms with Gasteiger partial charge in [-0.1, -0.05) is 36.9 Å². The average molecular weight is 582 g/mol. The van der Waals surface area contributed by atoms with Crippen molar-refractivity contribution >= 4 is 34.5 Å². The molecule has 1 aliphatic rings. The predicted octanol–water partition coefficient (Wildman–Crippen LogP) is 6.61. The molecule has 2 aromatic heterocycles. The number of amides is 2. The molecule has 1 fully saturated rings. The third-order valence-electron chi connectivity index (χ3n) is 7.47. The zero-order valence-electron chi connectivity index (χ0n) is 25.2. The Morgan fingerprint density at radius 2 is 1.88 bits per heavy atom. The molecule has 0 saturated heterocycles. The van der Waals surface area contributed by atoms with Gasteiger partial charge in [0.05, 0.1) is 11.2 Å². The van der Waals surface area contributed by atoms with Crippen LogP contribution >= 0.6 is 0 Å². The molecule has 1 saturated carbocycles. The van der Waals surface area contributed by atoms with Crippen molar-refractivity contribution < 1.29 is 14.3 Å². The number of hydrogen-bond donors (Lipinski definition) is 3. The highest BCUT2D eigenvalue weighted by atomic mass is 16.6. The molecule has 10 heteroatoms. The topological polar surface area (TPSA) is 125 Å². The summed E-state index contributed by atoms with van der Waals surface area (Å²) in [7, 11) is 0. The highest BCUT2D eigenvalue weighted by Gasteiger charge is 2.33. The molecule has 2 atom stereocenters. The second kappa shape index (κ2) is 12.6. The lowest BCUT2D eigenvalue weighted by atomic mass is 9.90. The van der Waals surface area contributed by atoms with Gasteiger partial charge in [-0.15, -0.1) is 0 Å². The van der Waals surface area contributed by atoms with E-state index in [-0.39, 0.29) is 24.1 Å². The van der Waals surface area contributed by atoms with Gasteiger partial charge in [-0.3, -0.25) is 9.89 Å². The Hall–Kier alpha value is -4.73. The molecule has 2 aromatic carbocycles. The van der Waals surface area contributed by atoms with E-state index in [0.29, 0.717) is 18.2 Å². The van der Waals surface area contributed by atoms with E-state index in [1.807, 2.05) is 87.3 Å². The van der Waals surface area contributed by atoms with E-state index in [2.05, 4.69) is 32.4 Å². The number of aryl methyl sites for hydroxylation is 1. The molecule has 0 aliphatic heterocycles. The Balaban J connectivity index is 1.33. The second-order valence-corrected chi connectivity index (χ2v) is 12.0. The summed E-state index contributed by atoms with van der Waals surface area (Å²) in [5, 5.41) is 14.9. The molecule has 0 bridgehead atoms. The van der Waals surface area contributed by atoms with Crippen LogP contribution in [0.3, 0.4) is 0 Å². The van der Waals surface area contributed by atoms with E-state index < -0.39 is 5.60 Å². The minimum Gasteiger partial charge on any atom is -0.444 e. The van der Waals surface area contributed by atoms with Gasteiger partial charge in [-0.05, 0) is 88.8 Å². The fraction of sp³-hybridized carbons (Fsp3) is 0.364. The van der Waals surface area contributed by atoms with Gasteiger partial charge in [0.15, 0.2) is 0 Å². The van der Waals surface area contributed by atoms with Gasteiger partial charge in [0.1, 0.15) is 11.3 Å². The Bertz CT molecular complexity index is 1610. The number of benzene rings is 2. The maximum absolute atomic E-state index is 13.5. The third-order valence-corrected chi connectivity index (χ3v) is 7.47. The molecule has 0 spiro atoms. The summed E-state index contributed by atoms with van der Waals surface area (Å²) in [6.45, 7) is 11.5. The number of carbonyl (C=O) groups is 2. The number of hydrogen-bond acceptors (Lipinski definition) is 7. The zero-order chi connectivity index (χ0) is 30.6. The molecular formula is C33H39N7O3. The van der Waals surface area contributed by atoms with Crippen molar-refractivity contribution in [3.05, 3.63) is 78.5 Å². The molecule has 2 amide bonds. The zero-order valence-corrected chi connectivity index (χ0v) is 25.2. The number of aromatic amines is 1. The van der Waals surface area contributed by atoms with Crippen molar-refractivity contribution in [2.45, 2.75) is 77.6 Å². The van der Waals surface area contributed by atoms with E-state index in [1.54, 1.807) is 0 Å². The number of H-pyrrole nitrogens is 1. The molecule has 1 aliphatic carbocycles. The third kappa shape index (κ3) is 7.38. The van der Waals surface area contributed by atoms with Crippen LogP contribution in [0, 0.1) is 6.92 Å². The number of anilines is 2. The summed E-state index contributed by atoms with van der Waals surface area (Å²) in [5.41, 5.74) is 4.46. The van der Waals surface area contributed by atoms with Gasteiger partial charge < -0.3 is 20.3 Å². The molecule has 2 unspecified atom stereocenters. The number of nitrogens with zero attached hydrogens (tertiary/aromatic N) is 4. The summed E-state index contributed by atoms with van der Waals surface area (Å²) in [5.74, 6) is 0.269. The first kappa shape index (κ1) is 29.8. The summed E-state index contributed by atoms with van der Waals surface area (Å²) in [4.78, 5) is 36.4. The standard InChI is InChI=1S/C33H39N7O3/c1-6-28(41)35-23-16-14-22(15-17-23)20-40(32(42)43-33(3,4)5)25-11-9-10-24(18-25)36-31-34-19-21(2)29(37-31)30-26-12-7-8-13-27(26)38-39-30/h6-8,12-17,19,24-25H,1,9-11,18,20H2,2-5H3,(H,35,41)(H,38,39)(H,34,36,37). The van der Waals surface area contributed by atoms with Crippen molar-refractivity contribution in [1.29, 1.82) is 0 Å². The minimum atomic E-state index is -0.622. The van der Waals surface area contributed by atoms with Crippen LogP contribution in [0.25, 0.3) is 22.3 Å². The van der Waals surface area contributed by atoms with Crippen molar-refractivity contribution in [2.24, 2.45) is 0 Å². The van der Waals surface area contributed by atoms with E-state index in [9.17, 15) is 9.59 Å². The normalized spacial score (nSPS) is 16.8. The van der Waals surface area contributed by atoms with Crippen molar-refractivity contribution in [2.75, 3.05) is 10.6 Å². The van der Waals surface area contributed by atoms with Gasteiger partial charge >= 0.3 is 6.09 Å². The Labute approximate surface area is 252 Å². The molecule has 2 heterocycles. The predicted molar refractivity (Wildman–Crippen MR) is 169 cm³/mol. The maximum Gasteiger partial charge on any atom is 0.410 e. The van der Waals surface area contributed by atoms with Gasteiger partial charge in [0.2, 0.25) is 11.9 Å². The van der Waals surface area contributed by atoms with Gasteiger partial charge in [0, 0.05) is 35.9 Å². The largest absolute Gasteiger partial charge is 0.444 e. The number of fused-ring (bicyclic) bond motifs is 1. The van der Waals surface area contributed by atoms with Crippen molar-refractivity contribution in [3.63, 3.8) is 0 Å². The summed E-state index contributed by atoms with van der Waals surface area (Å²) >= 11 is 0. The summed E-state index contributed by atoms with van der Waals surface area (Å²) in [6.07, 6.45) is 6.18. The van der Waals surface area contributed by atoms with Crippen LogP contribution in [0.4, 0.5) is 16.4 Å². The van der Waals surface area contributed by atoms with Crippen molar-refractivity contribution in [3.8, 4) is 11.4 Å². The van der Waals surface area contributed by atoms with Gasteiger partial charge in [-0.2, -0.15) is 5.10 Å². The van der Waals surface area contributed by atoms with Crippen LogP contribution in [-0.4, -0.2) is 54.8 Å². The smallest absolute Gasteiger partial charge is 0.410 e. The number of para-hydroxylation sites is 1. The SMILES string of the molecule is C=CC(=O)Nc1ccc(CN(C(=O)OC(C)(C)C)C2CCCC(Nc3ncc(C)c(-c4n[nH]c5ccccc45)n3)C2)cc1. The molecule has 43 heavy (non-hydrogen) atoms. The first-order valence-corrected chi connectivity index (χ1v) is 14.7. The van der Waals surface area contributed by atoms with E-state index >= 15 is 0 Å². The van der Waals surface area contributed by atoms with E-state index in [4.69, 9.17) is 9.72 Å². The van der Waals surface area contributed by atoms with Gasteiger partial charge in [-0.25, -0.2) is 14.8 Å². The first-order chi connectivity index (χ1) is 20.6. The molecule has 4 aromatic rings. The number of ether oxygens (including phenoxy) is 1. The number of rotatable bonds is 8. The fourth-order valence-electron chi connectivity index (χ4n) is 5.40. The fourth-order valence-corrected chi connectivity index (χ4v) is 5.40. The average Bonchev–Trinajstić information content (AvgIpc) is 3.41. The van der Waals surface area contributed by atoms with Crippen LogP contribution in [0.1, 0.15) is 57.6 Å². The van der Waals surface area contributed by atoms with Crippen LogP contribution in [0.2, 0.25) is 0 Å². The lowest BCUT2D eigenvalue weighted by molar-refractivity contribution is -0.111. The Kier molecular flexibility index (Phi) is 8.75. The summed E-state index contributed by atoms with van der Waals surface area (Å²) < 4.78 is 5.84. The highest BCUT2D eigenvalue weighted by Crippen LogP contribution is 2.30. The van der Waals surface area contributed by atoms with Crippen molar-refractivity contribution in [1.82, 2.24) is 25.1 Å². The molecule has 224 valence electrons. The minimum absolute atomic E-state index is 0.0403. The molecule has 0 radical (unpaired) electrons. The lowest BCUT2D eigenvalue weighted by Crippen LogP contribution is -2.46. The first-order valence-electron chi connectivity index (χ1n) is 14.7. The maximum atomic E-state index is 13.5. The van der Waals surface area contributed by atoms with Crippen LogP contribution in [-0.2, 0) is 16.1 Å². The van der Waals surface area contributed by atoms with Crippen LogP contribution in [0.5, 0.6) is 0 Å². The molecule has 3 N–H and O–H groups in total. The van der Waals surface area contributed by atoms with Gasteiger partial charge in [0.25, 0.3) is 0 Å². The molecule has 5 rings (SSSR count).